The molecule has 0 aliphatic rings. The summed E-state index contributed by atoms with van der Waals surface area (Å²) in [6, 6.07) is 0. The van der Waals surface area contributed by atoms with Crippen molar-refractivity contribution in [3.63, 3.8) is 0 Å². The van der Waals surface area contributed by atoms with Crippen LogP contribution in [0.5, 0.6) is 0 Å². The van der Waals surface area contributed by atoms with E-state index in [0.717, 1.165) is 31.9 Å². The number of ether oxygens (including phenoxy) is 1. The Hall–Kier alpha value is -1.43. The van der Waals surface area contributed by atoms with Gasteiger partial charge < -0.3 is 14.6 Å². The number of unbranched alkanes of at least 4 members (excludes halogenated alkanes) is 6. The minimum Gasteiger partial charge on any atom is -0.522 e. The zero-order valence-corrected chi connectivity index (χ0v) is 11.6. The highest BCUT2D eigenvalue weighted by molar-refractivity contribution is 5.54. The van der Waals surface area contributed by atoms with Gasteiger partial charge in [0, 0.05) is 12.7 Å². The van der Waals surface area contributed by atoms with Gasteiger partial charge >= 0.3 is 0 Å². The fraction of sp³-hybridized carbons (Fsp3) is 0.667. The second-order valence-electron chi connectivity index (χ2n) is 3.90. The van der Waals surface area contributed by atoms with Crippen LogP contribution >= 0.6 is 0 Å². The Labute approximate surface area is 111 Å². The van der Waals surface area contributed by atoms with E-state index < -0.39 is 6.16 Å². The lowest BCUT2D eigenvalue weighted by molar-refractivity contribution is -0.276. The Morgan fingerprint density at radius 1 is 1.22 bits per heavy atom. The van der Waals surface area contributed by atoms with Gasteiger partial charge in [0.25, 0.3) is 6.16 Å². The van der Waals surface area contributed by atoms with E-state index in [1.165, 1.54) is 25.7 Å². The van der Waals surface area contributed by atoms with E-state index in [1.807, 2.05) is 0 Å². The topological polar surface area (TPSA) is 49.4 Å². The van der Waals surface area contributed by atoms with Crippen molar-refractivity contribution in [2.75, 3.05) is 0 Å². The third-order valence-corrected chi connectivity index (χ3v) is 2.16. The van der Waals surface area contributed by atoms with Crippen molar-refractivity contribution in [1.82, 2.24) is 0 Å². The Morgan fingerprint density at radius 2 is 1.89 bits per heavy atom. The zero-order valence-electron chi connectivity index (χ0n) is 11.6. The highest BCUT2D eigenvalue weighted by Crippen LogP contribution is 2.00. The van der Waals surface area contributed by atoms with E-state index in [1.54, 1.807) is 6.08 Å². The van der Waals surface area contributed by atoms with Gasteiger partial charge in [-0.3, -0.25) is 0 Å². The molecule has 0 aromatic heterocycles. The molecular formula is C15H25O3-. The minimum absolute atomic E-state index is 0.851. The van der Waals surface area contributed by atoms with Gasteiger partial charge in [0.05, 0.1) is 0 Å². The van der Waals surface area contributed by atoms with Crippen LogP contribution in [0, 0.1) is 12.3 Å². The van der Waals surface area contributed by atoms with Gasteiger partial charge in [-0.15, -0.1) is 12.3 Å². The molecular weight excluding hydrogens is 228 g/mol. The van der Waals surface area contributed by atoms with E-state index in [0.29, 0.717) is 0 Å². The summed E-state index contributed by atoms with van der Waals surface area (Å²) in [5.41, 5.74) is 0. The molecule has 0 spiro atoms. The van der Waals surface area contributed by atoms with Gasteiger partial charge in [-0.1, -0.05) is 52.0 Å². The van der Waals surface area contributed by atoms with Crippen LogP contribution in [0.3, 0.4) is 0 Å². The Kier molecular flexibility index (Phi) is 18.9. The van der Waals surface area contributed by atoms with Crippen molar-refractivity contribution < 1.29 is 14.6 Å². The maximum Gasteiger partial charge on any atom is 0.256 e. The molecule has 0 atom stereocenters. The molecule has 0 fully saturated rings. The number of carbonyl (C=O) groups excluding carboxylic acids is 1. The van der Waals surface area contributed by atoms with Crippen LogP contribution in [0.1, 0.15) is 65.2 Å². The van der Waals surface area contributed by atoms with Gasteiger partial charge in [-0.05, 0) is 12.8 Å². The van der Waals surface area contributed by atoms with Crippen LogP contribution in [0.4, 0.5) is 4.79 Å². The first-order valence-corrected chi connectivity index (χ1v) is 6.65. The van der Waals surface area contributed by atoms with E-state index >= 15 is 0 Å². The molecule has 3 nitrogen and oxygen atoms in total. The van der Waals surface area contributed by atoms with Crippen molar-refractivity contribution in [1.29, 1.82) is 0 Å². The van der Waals surface area contributed by atoms with Crippen molar-refractivity contribution in [3.05, 3.63) is 12.3 Å². The highest BCUT2D eigenvalue weighted by atomic mass is 16.7. The van der Waals surface area contributed by atoms with E-state index in [2.05, 4.69) is 24.5 Å². The van der Waals surface area contributed by atoms with E-state index in [9.17, 15) is 9.90 Å². The predicted octanol–water partition coefficient (Wildman–Crippen LogP) is 3.64. The van der Waals surface area contributed by atoms with Gasteiger partial charge in [0.15, 0.2) is 0 Å². The number of terminal acetylenes is 1. The molecule has 18 heavy (non-hydrogen) atoms. The van der Waals surface area contributed by atoms with Gasteiger partial charge in [-0.2, -0.15) is 0 Å². The van der Waals surface area contributed by atoms with Crippen LogP contribution in [0.15, 0.2) is 12.3 Å². The van der Waals surface area contributed by atoms with Crippen LogP contribution in [0.25, 0.3) is 0 Å². The van der Waals surface area contributed by atoms with Crippen molar-refractivity contribution in [2.45, 2.75) is 65.2 Å². The lowest BCUT2D eigenvalue weighted by Crippen LogP contribution is -2.20. The average Bonchev–Trinajstić information content (AvgIpc) is 2.35. The summed E-state index contributed by atoms with van der Waals surface area (Å²) < 4.78 is 4.01. The molecule has 0 aliphatic heterocycles. The Morgan fingerprint density at radius 3 is 2.39 bits per heavy atom. The van der Waals surface area contributed by atoms with Gasteiger partial charge in [0.2, 0.25) is 0 Å². The number of carbonyl (C=O) groups is 1. The number of hydrogen-bond acceptors (Lipinski definition) is 3. The fourth-order valence-corrected chi connectivity index (χ4v) is 1.15. The number of allylic oxidation sites excluding steroid dienone is 1. The molecule has 0 aliphatic carbocycles. The molecule has 104 valence electrons. The second kappa shape index (κ2) is 17.9. The van der Waals surface area contributed by atoms with Crippen LogP contribution in [-0.4, -0.2) is 6.16 Å². The number of rotatable bonds is 8. The molecule has 0 aromatic rings. The summed E-state index contributed by atoms with van der Waals surface area (Å²) >= 11 is 0. The molecule has 0 bridgehead atoms. The summed E-state index contributed by atoms with van der Waals surface area (Å²) in [6.07, 6.45) is 15.5. The van der Waals surface area contributed by atoms with Crippen molar-refractivity contribution in [3.8, 4) is 12.3 Å². The zero-order chi connectivity index (χ0) is 14.1. The van der Waals surface area contributed by atoms with Crippen molar-refractivity contribution in [2.24, 2.45) is 0 Å². The molecule has 0 aromatic carbocycles. The van der Waals surface area contributed by atoms with Crippen LogP contribution in [-0.2, 0) is 4.74 Å². The summed E-state index contributed by atoms with van der Waals surface area (Å²) in [6.45, 7) is 4.27. The largest absolute Gasteiger partial charge is 0.522 e. The van der Waals surface area contributed by atoms with Crippen LogP contribution in [0.2, 0.25) is 0 Å². The van der Waals surface area contributed by atoms with E-state index in [-0.39, 0.29) is 0 Å². The summed E-state index contributed by atoms with van der Waals surface area (Å²) in [4.78, 5) is 9.65. The molecule has 0 heterocycles. The third kappa shape index (κ3) is 24.0. The first-order chi connectivity index (χ1) is 8.68. The van der Waals surface area contributed by atoms with Gasteiger partial charge in [-0.25, -0.2) is 0 Å². The highest BCUT2D eigenvalue weighted by Gasteiger charge is 1.81. The van der Waals surface area contributed by atoms with Crippen molar-refractivity contribution >= 4 is 6.16 Å². The summed E-state index contributed by atoms with van der Waals surface area (Å²) in [5.74, 6) is 2.63. The standard InChI is InChI=1S/C8H14.C7H12O3/c1-3-5-7-8-6-4-2;1-2-3-4-5-6-10-7(8)9/h1H,4-8H2,2H3;5-6H,2-4H2,1H3,(H,8,9)/p-1/b;6-5+. The van der Waals surface area contributed by atoms with Gasteiger partial charge in [0.1, 0.15) is 0 Å². The number of carboxylic acid groups (broad SMARTS) is 1. The molecule has 0 N–H and O–H groups in total. The first kappa shape index (κ1) is 18.9. The Bertz CT molecular complexity index is 239. The SMILES string of the molecule is C#CCCCCCC.CCCC/C=C/OC(=O)[O-]. The summed E-state index contributed by atoms with van der Waals surface area (Å²) in [7, 11) is 0. The molecule has 0 saturated heterocycles. The maximum absolute atomic E-state index is 9.65. The van der Waals surface area contributed by atoms with Crippen LogP contribution < -0.4 is 5.11 Å². The normalized spacial score (nSPS) is 9.39. The van der Waals surface area contributed by atoms with E-state index in [4.69, 9.17) is 6.42 Å². The average molecular weight is 253 g/mol. The molecule has 0 unspecified atom stereocenters. The molecule has 0 radical (unpaired) electrons. The molecule has 0 amide bonds. The minimum atomic E-state index is -1.51. The quantitative estimate of drug-likeness (QED) is 0.287. The third-order valence-electron chi connectivity index (χ3n) is 2.16. The predicted molar refractivity (Wildman–Crippen MR) is 72.7 cm³/mol. The monoisotopic (exact) mass is 253 g/mol. The lowest BCUT2D eigenvalue weighted by atomic mass is 10.2. The Balaban J connectivity index is 0. The molecule has 0 saturated carbocycles. The first-order valence-electron chi connectivity index (χ1n) is 6.65. The maximum atomic E-state index is 9.65. The summed E-state index contributed by atoms with van der Waals surface area (Å²) in [5, 5.41) is 9.65. The molecule has 3 heteroatoms. The second-order valence-corrected chi connectivity index (χ2v) is 3.90. The lowest BCUT2D eigenvalue weighted by Gasteiger charge is -1.98. The fourth-order valence-electron chi connectivity index (χ4n) is 1.15. The number of hydrogen-bond donors (Lipinski definition) is 0. The smallest absolute Gasteiger partial charge is 0.256 e. The molecule has 0 rings (SSSR count).